The van der Waals surface area contributed by atoms with Crippen molar-refractivity contribution in [1.82, 2.24) is 0 Å². The van der Waals surface area contributed by atoms with E-state index >= 15 is 0 Å². The van der Waals surface area contributed by atoms with Crippen molar-refractivity contribution in [3.63, 3.8) is 0 Å². The first-order valence-electron chi connectivity index (χ1n) is 4.61. The first-order chi connectivity index (χ1) is 6.10. The number of rotatable bonds is 2. The third kappa shape index (κ3) is 2.09. The van der Waals surface area contributed by atoms with Crippen LogP contribution >= 0.6 is 0 Å². The Kier molecular flexibility index (Phi) is 2.72. The summed E-state index contributed by atoms with van der Waals surface area (Å²) in [4.78, 5) is 0. The predicted molar refractivity (Wildman–Crippen MR) is 54.5 cm³/mol. The van der Waals surface area contributed by atoms with Crippen LogP contribution in [0.2, 0.25) is 0 Å². The molecule has 1 heteroatoms. The predicted octanol–water partition coefficient (Wildman–Crippen LogP) is 3.05. The fourth-order valence-electron chi connectivity index (χ4n) is 1.22. The maximum absolute atomic E-state index is 8.92. The molecule has 0 saturated carbocycles. The van der Waals surface area contributed by atoms with E-state index in [1.54, 1.807) is 0 Å². The van der Waals surface area contributed by atoms with Gasteiger partial charge in [0.1, 0.15) is 0 Å². The van der Waals surface area contributed by atoms with E-state index in [4.69, 9.17) is 5.26 Å². The number of nitrogens with zero attached hydrogens (tertiary/aromatic N) is 1. The van der Waals surface area contributed by atoms with Crippen LogP contribution in [0.15, 0.2) is 24.3 Å². The Balaban J connectivity index is 3.00. The highest BCUT2D eigenvalue weighted by Gasteiger charge is 2.18. The van der Waals surface area contributed by atoms with E-state index in [1.165, 1.54) is 5.56 Å². The average Bonchev–Trinajstić information content (AvgIpc) is 2.18. The van der Waals surface area contributed by atoms with Gasteiger partial charge in [0.2, 0.25) is 0 Å². The summed E-state index contributed by atoms with van der Waals surface area (Å²) in [5, 5.41) is 8.92. The Hall–Kier alpha value is -1.29. The minimum absolute atomic E-state index is 0.369. The lowest BCUT2D eigenvalue weighted by molar-refractivity contribution is 0.686. The molecule has 13 heavy (non-hydrogen) atoms. The normalized spacial score (nSPS) is 10.9. The molecule has 1 aromatic carbocycles. The molecule has 0 fully saturated rings. The SMILES string of the molecule is CCc1ccc(C(C)(C)C#N)cc1. The van der Waals surface area contributed by atoms with E-state index in [0.717, 1.165) is 12.0 Å². The van der Waals surface area contributed by atoms with Crippen LogP contribution < -0.4 is 0 Å². The van der Waals surface area contributed by atoms with E-state index in [1.807, 2.05) is 26.0 Å². The Morgan fingerprint density at radius 3 is 2.15 bits per heavy atom. The van der Waals surface area contributed by atoms with E-state index in [2.05, 4.69) is 25.1 Å². The number of aryl methyl sites for hydroxylation is 1. The molecule has 0 bridgehead atoms. The lowest BCUT2D eigenvalue weighted by Crippen LogP contribution is -2.13. The van der Waals surface area contributed by atoms with Gasteiger partial charge in [0, 0.05) is 0 Å². The van der Waals surface area contributed by atoms with Crippen molar-refractivity contribution in [2.45, 2.75) is 32.6 Å². The van der Waals surface area contributed by atoms with Crippen LogP contribution in [0.1, 0.15) is 31.9 Å². The van der Waals surface area contributed by atoms with Crippen molar-refractivity contribution in [2.75, 3.05) is 0 Å². The van der Waals surface area contributed by atoms with Gasteiger partial charge in [-0.3, -0.25) is 0 Å². The van der Waals surface area contributed by atoms with E-state index in [9.17, 15) is 0 Å². The first-order valence-corrected chi connectivity index (χ1v) is 4.61. The molecule has 1 aromatic rings. The lowest BCUT2D eigenvalue weighted by Gasteiger charge is -2.15. The van der Waals surface area contributed by atoms with Crippen LogP contribution in [0, 0.1) is 11.3 Å². The Morgan fingerprint density at radius 1 is 1.23 bits per heavy atom. The molecule has 0 atom stereocenters. The van der Waals surface area contributed by atoms with E-state index < -0.39 is 0 Å². The highest BCUT2D eigenvalue weighted by Crippen LogP contribution is 2.22. The highest BCUT2D eigenvalue weighted by molar-refractivity contribution is 5.32. The standard InChI is InChI=1S/C12H15N/c1-4-10-5-7-11(8-6-10)12(2,3)9-13/h5-8H,4H2,1-3H3. The first kappa shape index (κ1) is 9.80. The quantitative estimate of drug-likeness (QED) is 0.674. The smallest absolute Gasteiger partial charge is 0.0766 e. The monoisotopic (exact) mass is 173 g/mol. The van der Waals surface area contributed by atoms with Gasteiger partial charge < -0.3 is 0 Å². The van der Waals surface area contributed by atoms with E-state index in [0.29, 0.717) is 0 Å². The molecule has 0 radical (unpaired) electrons. The summed E-state index contributed by atoms with van der Waals surface area (Å²) in [7, 11) is 0. The summed E-state index contributed by atoms with van der Waals surface area (Å²) in [5.74, 6) is 0. The fraction of sp³-hybridized carbons (Fsp3) is 0.417. The third-order valence-corrected chi connectivity index (χ3v) is 2.36. The highest BCUT2D eigenvalue weighted by atomic mass is 14.3. The fourth-order valence-corrected chi connectivity index (χ4v) is 1.22. The Morgan fingerprint density at radius 2 is 1.77 bits per heavy atom. The number of benzene rings is 1. The molecule has 0 amide bonds. The molecular formula is C12H15N. The van der Waals surface area contributed by atoms with Crippen molar-refractivity contribution in [3.05, 3.63) is 35.4 Å². The number of hydrogen-bond donors (Lipinski definition) is 0. The minimum atomic E-state index is -0.369. The summed E-state index contributed by atoms with van der Waals surface area (Å²) in [6, 6.07) is 10.6. The molecule has 0 heterocycles. The maximum atomic E-state index is 8.92. The van der Waals surface area contributed by atoms with Crippen molar-refractivity contribution >= 4 is 0 Å². The topological polar surface area (TPSA) is 23.8 Å². The van der Waals surface area contributed by atoms with Crippen LogP contribution in [-0.2, 0) is 11.8 Å². The Bertz CT molecular complexity index is 314. The van der Waals surface area contributed by atoms with Gasteiger partial charge in [-0.15, -0.1) is 0 Å². The maximum Gasteiger partial charge on any atom is 0.0766 e. The largest absolute Gasteiger partial charge is 0.197 e. The van der Waals surface area contributed by atoms with Crippen LogP contribution in [-0.4, -0.2) is 0 Å². The third-order valence-electron chi connectivity index (χ3n) is 2.36. The van der Waals surface area contributed by atoms with Gasteiger partial charge in [-0.1, -0.05) is 31.2 Å². The Labute approximate surface area is 80.0 Å². The van der Waals surface area contributed by atoms with Gasteiger partial charge in [-0.25, -0.2) is 0 Å². The van der Waals surface area contributed by atoms with Crippen molar-refractivity contribution in [3.8, 4) is 6.07 Å². The van der Waals surface area contributed by atoms with Gasteiger partial charge in [0.05, 0.1) is 11.5 Å². The molecular weight excluding hydrogens is 158 g/mol. The molecule has 0 aliphatic heterocycles. The number of hydrogen-bond acceptors (Lipinski definition) is 1. The molecule has 0 N–H and O–H groups in total. The van der Waals surface area contributed by atoms with Crippen LogP contribution in [0.3, 0.4) is 0 Å². The second-order valence-electron chi connectivity index (χ2n) is 3.79. The van der Waals surface area contributed by atoms with Crippen molar-refractivity contribution < 1.29 is 0 Å². The summed E-state index contributed by atoms with van der Waals surface area (Å²) >= 11 is 0. The van der Waals surface area contributed by atoms with Crippen LogP contribution in [0.4, 0.5) is 0 Å². The molecule has 1 rings (SSSR count). The molecule has 0 aliphatic rings. The second kappa shape index (κ2) is 3.62. The van der Waals surface area contributed by atoms with Gasteiger partial charge in [-0.2, -0.15) is 5.26 Å². The molecule has 1 nitrogen and oxygen atoms in total. The van der Waals surface area contributed by atoms with Crippen LogP contribution in [0.5, 0.6) is 0 Å². The van der Waals surface area contributed by atoms with Gasteiger partial charge >= 0.3 is 0 Å². The zero-order valence-electron chi connectivity index (χ0n) is 8.46. The van der Waals surface area contributed by atoms with Crippen molar-refractivity contribution in [2.24, 2.45) is 0 Å². The molecule has 0 spiro atoms. The average molecular weight is 173 g/mol. The zero-order chi connectivity index (χ0) is 9.90. The second-order valence-corrected chi connectivity index (χ2v) is 3.79. The zero-order valence-corrected chi connectivity index (χ0v) is 8.46. The van der Waals surface area contributed by atoms with Crippen LogP contribution in [0.25, 0.3) is 0 Å². The van der Waals surface area contributed by atoms with E-state index in [-0.39, 0.29) is 5.41 Å². The molecule has 0 aliphatic carbocycles. The molecule has 0 saturated heterocycles. The summed E-state index contributed by atoms with van der Waals surface area (Å²) in [6.07, 6.45) is 1.05. The van der Waals surface area contributed by atoms with Gasteiger partial charge in [-0.05, 0) is 31.4 Å². The number of nitriles is 1. The van der Waals surface area contributed by atoms with Gasteiger partial charge in [0.25, 0.3) is 0 Å². The molecule has 68 valence electrons. The molecule has 0 aromatic heterocycles. The minimum Gasteiger partial charge on any atom is -0.197 e. The van der Waals surface area contributed by atoms with Gasteiger partial charge in [0.15, 0.2) is 0 Å². The summed E-state index contributed by atoms with van der Waals surface area (Å²) < 4.78 is 0. The van der Waals surface area contributed by atoms with Crippen molar-refractivity contribution in [1.29, 1.82) is 5.26 Å². The molecule has 0 unspecified atom stereocenters. The lowest BCUT2D eigenvalue weighted by atomic mass is 9.86. The summed E-state index contributed by atoms with van der Waals surface area (Å²) in [5.41, 5.74) is 2.04. The summed E-state index contributed by atoms with van der Waals surface area (Å²) in [6.45, 7) is 6.01.